The molecule has 0 aliphatic heterocycles. The van der Waals surface area contributed by atoms with Crippen molar-refractivity contribution in [3.63, 3.8) is 0 Å². The lowest BCUT2D eigenvalue weighted by Gasteiger charge is -2.22. The number of hydrazone groups is 1. The number of carbonyl (C=O) groups is 1. The van der Waals surface area contributed by atoms with Gasteiger partial charge >= 0.3 is 0 Å². The standard InChI is InChI=1S/C23H23N3O3S2/c1-30-22-14-8-18(9-15-22)16-24-25-23(27)20-10-12-21(13-11-20)26(31(2,28)29)17-19-6-4-3-5-7-19/h3-16H,17H2,1-2H3,(H,25,27)/b24-16-. The highest BCUT2D eigenvalue weighted by molar-refractivity contribution is 7.98. The van der Waals surface area contributed by atoms with Crippen LogP contribution in [0.3, 0.4) is 0 Å². The van der Waals surface area contributed by atoms with Crippen molar-refractivity contribution >= 4 is 39.6 Å². The van der Waals surface area contributed by atoms with E-state index in [0.29, 0.717) is 11.3 Å². The Balaban J connectivity index is 1.68. The van der Waals surface area contributed by atoms with Crippen LogP contribution in [-0.2, 0) is 16.6 Å². The number of sulfonamides is 1. The van der Waals surface area contributed by atoms with E-state index in [4.69, 9.17) is 0 Å². The van der Waals surface area contributed by atoms with Crippen LogP contribution in [0.4, 0.5) is 5.69 Å². The second-order valence-electron chi connectivity index (χ2n) is 6.77. The van der Waals surface area contributed by atoms with Gasteiger partial charge in [0.25, 0.3) is 5.91 Å². The molecule has 3 rings (SSSR count). The number of anilines is 1. The maximum absolute atomic E-state index is 12.3. The summed E-state index contributed by atoms with van der Waals surface area (Å²) in [5.41, 5.74) is 5.10. The SMILES string of the molecule is CSc1ccc(/C=N\NC(=O)c2ccc(N(Cc3ccccc3)S(C)(=O)=O)cc2)cc1. The molecule has 0 bridgehead atoms. The van der Waals surface area contributed by atoms with Crippen LogP contribution in [0, 0.1) is 0 Å². The minimum atomic E-state index is -3.49. The third-order valence-electron chi connectivity index (χ3n) is 4.48. The number of carbonyl (C=O) groups excluding carboxylic acids is 1. The fourth-order valence-corrected chi connectivity index (χ4v) is 4.14. The molecule has 0 fully saturated rings. The molecule has 1 amide bonds. The molecule has 160 valence electrons. The van der Waals surface area contributed by atoms with Crippen molar-refractivity contribution in [3.05, 3.63) is 95.6 Å². The van der Waals surface area contributed by atoms with Crippen molar-refractivity contribution in [2.24, 2.45) is 5.10 Å². The zero-order valence-corrected chi connectivity index (χ0v) is 18.9. The number of hydrogen-bond acceptors (Lipinski definition) is 5. The van der Waals surface area contributed by atoms with Gasteiger partial charge in [-0.1, -0.05) is 42.5 Å². The maximum Gasteiger partial charge on any atom is 0.271 e. The van der Waals surface area contributed by atoms with E-state index < -0.39 is 10.0 Å². The molecule has 1 N–H and O–H groups in total. The van der Waals surface area contributed by atoms with Gasteiger partial charge in [-0.25, -0.2) is 13.8 Å². The summed E-state index contributed by atoms with van der Waals surface area (Å²) in [5, 5.41) is 3.99. The monoisotopic (exact) mass is 453 g/mol. The van der Waals surface area contributed by atoms with Crippen LogP contribution in [-0.4, -0.2) is 33.1 Å². The van der Waals surface area contributed by atoms with E-state index in [0.717, 1.165) is 22.3 Å². The molecule has 31 heavy (non-hydrogen) atoms. The minimum Gasteiger partial charge on any atom is -0.267 e. The molecular formula is C23H23N3O3S2. The molecule has 0 aliphatic carbocycles. The van der Waals surface area contributed by atoms with Crippen LogP contribution in [0.1, 0.15) is 21.5 Å². The Morgan fingerprint density at radius 1 is 1.00 bits per heavy atom. The van der Waals surface area contributed by atoms with Gasteiger partial charge in [0.15, 0.2) is 0 Å². The Kier molecular flexibility index (Phi) is 7.49. The van der Waals surface area contributed by atoms with Gasteiger partial charge in [-0.3, -0.25) is 9.10 Å². The second-order valence-corrected chi connectivity index (χ2v) is 9.56. The van der Waals surface area contributed by atoms with E-state index in [9.17, 15) is 13.2 Å². The molecule has 0 spiro atoms. The largest absolute Gasteiger partial charge is 0.271 e. The van der Waals surface area contributed by atoms with E-state index in [-0.39, 0.29) is 12.5 Å². The summed E-state index contributed by atoms with van der Waals surface area (Å²) in [7, 11) is -3.49. The molecule has 6 nitrogen and oxygen atoms in total. The molecule has 3 aromatic carbocycles. The number of benzene rings is 3. The fraction of sp³-hybridized carbons (Fsp3) is 0.130. The number of rotatable bonds is 8. The Morgan fingerprint density at radius 3 is 2.23 bits per heavy atom. The van der Waals surface area contributed by atoms with Crippen molar-refractivity contribution in [1.29, 1.82) is 0 Å². The molecule has 0 saturated heterocycles. The highest BCUT2D eigenvalue weighted by atomic mass is 32.2. The van der Waals surface area contributed by atoms with Gasteiger partial charge in [-0.05, 0) is 53.8 Å². The lowest BCUT2D eigenvalue weighted by molar-refractivity contribution is 0.0955. The fourth-order valence-electron chi connectivity index (χ4n) is 2.85. The zero-order valence-electron chi connectivity index (χ0n) is 17.2. The average molecular weight is 454 g/mol. The van der Waals surface area contributed by atoms with E-state index in [2.05, 4.69) is 10.5 Å². The van der Waals surface area contributed by atoms with Gasteiger partial charge in [-0.2, -0.15) is 5.10 Å². The van der Waals surface area contributed by atoms with Crippen molar-refractivity contribution in [3.8, 4) is 0 Å². The van der Waals surface area contributed by atoms with Gasteiger partial charge in [0.1, 0.15) is 0 Å². The summed E-state index contributed by atoms with van der Waals surface area (Å²) >= 11 is 1.65. The molecule has 8 heteroatoms. The molecule has 3 aromatic rings. The molecule has 0 heterocycles. The van der Waals surface area contributed by atoms with Gasteiger partial charge in [-0.15, -0.1) is 11.8 Å². The summed E-state index contributed by atoms with van der Waals surface area (Å²) in [5.74, 6) is -0.377. The van der Waals surface area contributed by atoms with Crippen LogP contribution in [0.2, 0.25) is 0 Å². The van der Waals surface area contributed by atoms with Crippen LogP contribution < -0.4 is 9.73 Å². The Hall–Kier alpha value is -3.10. The smallest absolute Gasteiger partial charge is 0.267 e. The van der Waals surface area contributed by atoms with Crippen LogP contribution in [0.15, 0.2) is 88.9 Å². The molecule has 0 saturated carbocycles. The molecule has 0 radical (unpaired) electrons. The Morgan fingerprint density at radius 2 is 1.65 bits per heavy atom. The number of nitrogens with zero attached hydrogens (tertiary/aromatic N) is 2. The first-order chi connectivity index (χ1) is 14.9. The van der Waals surface area contributed by atoms with E-state index in [1.54, 1.807) is 42.2 Å². The van der Waals surface area contributed by atoms with Gasteiger partial charge in [0.05, 0.1) is 24.7 Å². The summed E-state index contributed by atoms with van der Waals surface area (Å²) in [4.78, 5) is 13.5. The molecular weight excluding hydrogens is 430 g/mol. The summed E-state index contributed by atoms with van der Waals surface area (Å²) in [6.45, 7) is 0.213. The van der Waals surface area contributed by atoms with Gasteiger partial charge in [0.2, 0.25) is 10.0 Å². The maximum atomic E-state index is 12.3. The summed E-state index contributed by atoms with van der Waals surface area (Å²) in [6.07, 6.45) is 4.74. The van der Waals surface area contributed by atoms with Crippen molar-refractivity contribution in [1.82, 2.24) is 5.43 Å². The molecule has 0 unspecified atom stereocenters. The predicted octanol–water partition coefficient (Wildman–Crippen LogP) is 4.14. The van der Waals surface area contributed by atoms with Gasteiger partial charge < -0.3 is 0 Å². The summed E-state index contributed by atoms with van der Waals surface area (Å²) in [6, 6.07) is 23.5. The summed E-state index contributed by atoms with van der Waals surface area (Å²) < 4.78 is 25.9. The highest BCUT2D eigenvalue weighted by Crippen LogP contribution is 2.21. The third kappa shape index (κ3) is 6.44. The zero-order chi connectivity index (χ0) is 22.3. The Labute approximate surface area is 187 Å². The van der Waals surface area contributed by atoms with Crippen molar-refractivity contribution < 1.29 is 13.2 Å². The molecule has 0 aliphatic rings. The second kappa shape index (κ2) is 10.3. The van der Waals surface area contributed by atoms with Crippen LogP contribution in [0.25, 0.3) is 0 Å². The van der Waals surface area contributed by atoms with Crippen molar-refractivity contribution in [2.45, 2.75) is 11.4 Å². The topological polar surface area (TPSA) is 78.8 Å². The van der Waals surface area contributed by atoms with Crippen LogP contribution in [0.5, 0.6) is 0 Å². The number of amides is 1. The molecule has 0 aromatic heterocycles. The van der Waals surface area contributed by atoms with E-state index in [1.807, 2.05) is 60.9 Å². The predicted molar refractivity (Wildman–Crippen MR) is 127 cm³/mol. The van der Waals surface area contributed by atoms with E-state index >= 15 is 0 Å². The average Bonchev–Trinajstić information content (AvgIpc) is 2.78. The van der Waals surface area contributed by atoms with Gasteiger partial charge in [0, 0.05) is 10.5 Å². The highest BCUT2D eigenvalue weighted by Gasteiger charge is 2.18. The van der Waals surface area contributed by atoms with Crippen LogP contribution >= 0.6 is 11.8 Å². The minimum absolute atomic E-state index is 0.213. The molecule has 0 atom stereocenters. The third-order valence-corrected chi connectivity index (χ3v) is 6.37. The first-order valence-electron chi connectivity index (χ1n) is 9.46. The lowest BCUT2D eigenvalue weighted by Crippen LogP contribution is -2.29. The first-order valence-corrected chi connectivity index (χ1v) is 12.5. The number of thioether (sulfide) groups is 1. The number of hydrogen-bond donors (Lipinski definition) is 1. The normalized spacial score (nSPS) is 11.4. The Bertz CT molecular complexity index is 1140. The lowest BCUT2D eigenvalue weighted by atomic mass is 10.2. The van der Waals surface area contributed by atoms with Crippen molar-refractivity contribution in [2.75, 3.05) is 16.8 Å². The first kappa shape index (κ1) is 22.6. The quantitative estimate of drug-likeness (QED) is 0.316. The number of nitrogens with one attached hydrogen (secondary N) is 1. The van der Waals surface area contributed by atoms with E-state index in [1.165, 1.54) is 4.31 Å².